The predicted molar refractivity (Wildman–Crippen MR) is 109 cm³/mol. The summed E-state index contributed by atoms with van der Waals surface area (Å²) in [5, 5.41) is 11.2. The molecule has 142 valence electrons. The second kappa shape index (κ2) is 8.81. The summed E-state index contributed by atoms with van der Waals surface area (Å²) in [6.07, 6.45) is 0.691. The van der Waals surface area contributed by atoms with Gasteiger partial charge in [0.1, 0.15) is 5.69 Å². The zero-order valence-corrected chi connectivity index (χ0v) is 15.3. The lowest BCUT2D eigenvalue weighted by atomic mass is 10.1. The largest absolute Gasteiger partial charge is 0.393 e. The van der Waals surface area contributed by atoms with E-state index in [4.69, 9.17) is 5.73 Å². The number of nitro groups is 1. The number of anilines is 1. The summed E-state index contributed by atoms with van der Waals surface area (Å²) < 4.78 is 0. The number of benzene rings is 3. The van der Waals surface area contributed by atoms with E-state index in [2.05, 4.69) is 0 Å². The number of rotatable bonds is 7. The molecule has 1 amide bonds. The van der Waals surface area contributed by atoms with Gasteiger partial charge in [0, 0.05) is 24.7 Å². The number of nitrogens with zero attached hydrogens (tertiary/aromatic N) is 2. The number of nitrogens with two attached hydrogens (primary N) is 1. The molecule has 0 unspecified atom stereocenters. The normalized spacial score (nSPS) is 10.4. The van der Waals surface area contributed by atoms with Crippen LogP contribution in [0.3, 0.4) is 0 Å². The first-order valence-corrected chi connectivity index (χ1v) is 8.95. The molecular weight excluding hydrogens is 354 g/mol. The van der Waals surface area contributed by atoms with E-state index in [1.54, 1.807) is 4.90 Å². The second-order valence-corrected chi connectivity index (χ2v) is 6.48. The Bertz CT molecular complexity index is 959. The third-order valence-corrected chi connectivity index (χ3v) is 4.49. The third kappa shape index (κ3) is 4.73. The molecule has 0 aliphatic carbocycles. The van der Waals surface area contributed by atoms with Gasteiger partial charge in [0.05, 0.1) is 4.92 Å². The quantitative estimate of drug-likeness (QED) is 0.383. The lowest BCUT2D eigenvalue weighted by Gasteiger charge is -2.23. The fourth-order valence-electron chi connectivity index (χ4n) is 2.98. The highest BCUT2D eigenvalue weighted by Crippen LogP contribution is 2.23. The molecule has 0 aliphatic heterocycles. The summed E-state index contributed by atoms with van der Waals surface area (Å²) in [6, 6.07) is 23.7. The maximum absolute atomic E-state index is 13.1. The zero-order chi connectivity index (χ0) is 19.9. The highest BCUT2D eigenvalue weighted by Gasteiger charge is 2.20. The number of hydrogen-bond donors (Lipinski definition) is 1. The molecular formula is C22H21N3O3. The first kappa shape index (κ1) is 19.1. The van der Waals surface area contributed by atoms with Crippen LogP contribution >= 0.6 is 0 Å². The van der Waals surface area contributed by atoms with Crippen LogP contribution < -0.4 is 5.73 Å². The third-order valence-electron chi connectivity index (χ3n) is 4.49. The van der Waals surface area contributed by atoms with Gasteiger partial charge in [-0.15, -0.1) is 0 Å². The van der Waals surface area contributed by atoms with Crippen molar-refractivity contribution in [2.75, 3.05) is 12.3 Å². The number of carbonyl (C=O) groups is 1. The molecule has 0 spiro atoms. The van der Waals surface area contributed by atoms with Crippen LogP contribution in [0.5, 0.6) is 0 Å². The van der Waals surface area contributed by atoms with Gasteiger partial charge in [0.2, 0.25) is 0 Å². The van der Waals surface area contributed by atoms with Crippen LogP contribution in [0.25, 0.3) is 0 Å². The summed E-state index contributed by atoms with van der Waals surface area (Å²) in [7, 11) is 0. The van der Waals surface area contributed by atoms with Crippen molar-refractivity contribution in [2.45, 2.75) is 13.0 Å². The fourth-order valence-corrected chi connectivity index (χ4v) is 2.98. The van der Waals surface area contributed by atoms with Crippen molar-refractivity contribution >= 4 is 17.3 Å². The van der Waals surface area contributed by atoms with Crippen LogP contribution in [0.15, 0.2) is 78.9 Å². The molecule has 6 nitrogen and oxygen atoms in total. The van der Waals surface area contributed by atoms with Crippen molar-refractivity contribution in [2.24, 2.45) is 0 Å². The molecule has 0 radical (unpaired) electrons. The summed E-state index contributed by atoms with van der Waals surface area (Å²) in [6.45, 7) is 0.917. The molecule has 0 aromatic heterocycles. The van der Waals surface area contributed by atoms with Gasteiger partial charge in [-0.25, -0.2) is 0 Å². The smallest absolute Gasteiger partial charge is 0.292 e. The van der Waals surface area contributed by atoms with E-state index >= 15 is 0 Å². The maximum Gasteiger partial charge on any atom is 0.292 e. The van der Waals surface area contributed by atoms with Crippen molar-refractivity contribution in [3.63, 3.8) is 0 Å². The average molecular weight is 375 g/mol. The Morgan fingerprint density at radius 2 is 1.54 bits per heavy atom. The van der Waals surface area contributed by atoms with Crippen LogP contribution in [-0.4, -0.2) is 22.3 Å². The van der Waals surface area contributed by atoms with Gasteiger partial charge in [-0.1, -0.05) is 60.7 Å². The monoisotopic (exact) mass is 375 g/mol. The van der Waals surface area contributed by atoms with E-state index in [0.717, 1.165) is 11.1 Å². The number of amides is 1. The van der Waals surface area contributed by atoms with E-state index < -0.39 is 4.92 Å². The molecule has 0 aliphatic rings. The summed E-state index contributed by atoms with van der Waals surface area (Å²) >= 11 is 0. The molecule has 0 heterocycles. The van der Waals surface area contributed by atoms with E-state index in [1.165, 1.54) is 18.2 Å². The Kier molecular flexibility index (Phi) is 6.01. The van der Waals surface area contributed by atoms with Crippen LogP contribution in [0.2, 0.25) is 0 Å². The van der Waals surface area contributed by atoms with Crippen molar-refractivity contribution in [1.29, 1.82) is 0 Å². The van der Waals surface area contributed by atoms with Crippen molar-refractivity contribution < 1.29 is 9.72 Å². The first-order chi connectivity index (χ1) is 13.5. The van der Waals surface area contributed by atoms with Crippen molar-refractivity contribution in [3.05, 3.63) is 106 Å². The summed E-state index contributed by atoms with van der Waals surface area (Å²) in [4.78, 5) is 25.4. The van der Waals surface area contributed by atoms with Crippen LogP contribution in [0, 0.1) is 10.1 Å². The van der Waals surface area contributed by atoms with Crippen LogP contribution in [0.1, 0.15) is 21.5 Å². The van der Waals surface area contributed by atoms with Gasteiger partial charge < -0.3 is 10.6 Å². The molecule has 28 heavy (non-hydrogen) atoms. The fraction of sp³-hybridized carbons (Fsp3) is 0.136. The minimum absolute atomic E-state index is 0.0421. The van der Waals surface area contributed by atoms with Crippen molar-refractivity contribution in [1.82, 2.24) is 4.90 Å². The van der Waals surface area contributed by atoms with E-state index in [1.807, 2.05) is 60.7 Å². The van der Waals surface area contributed by atoms with Gasteiger partial charge in [0.25, 0.3) is 11.6 Å². The molecule has 3 aromatic rings. The molecule has 3 rings (SSSR count). The van der Waals surface area contributed by atoms with Crippen molar-refractivity contribution in [3.8, 4) is 0 Å². The Balaban J connectivity index is 1.85. The molecule has 0 bridgehead atoms. The number of hydrogen-bond acceptors (Lipinski definition) is 4. The lowest BCUT2D eigenvalue weighted by Crippen LogP contribution is -2.32. The molecule has 0 saturated carbocycles. The standard InChI is InChI=1S/C22H21N3O3/c23-20-12-11-19(15-21(20)25(27)28)22(26)24(16-18-9-5-2-6-10-18)14-13-17-7-3-1-4-8-17/h1-12,15H,13-14,16,23H2. The second-order valence-electron chi connectivity index (χ2n) is 6.48. The Morgan fingerprint density at radius 1 is 0.929 bits per heavy atom. The van der Waals surface area contributed by atoms with Crippen LogP contribution in [0.4, 0.5) is 11.4 Å². The van der Waals surface area contributed by atoms with Gasteiger partial charge in [0.15, 0.2) is 0 Å². The topological polar surface area (TPSA) is 89.5 Å². The van der Waals surface area contributed by atoms with Gasteiger partial charge in [-0.3, -0.25) is 14.9 Å². The van der Waals surface area contributed by atoms with Gasteiger partial charge in [-0.2, -0.15) is 0 Å². The van der Waals surface area contributed by atoms with Gasteiger partial charge >= 0.3 is 0 Å². The number of nitro benzene ring substituents is 1. The minimum Gasteiger partial charge on any atom is -0.393 e. The van der Waals surface area contributed by atoms with E-state index in [-0.39, 0.29) is 22.8 Å². The molecule has 6 heteroatoms. The lowest BCUT2D eigenvalue weighted by molar-refractivity contribution is -0.383. The molecule has 0 saturated heterocycles. The van der Waals surface area contributed by atoms with E-state index in [0.29, 0.717) is 19.5 Å². The number of carbonyl (C=O) groups excluding carboxylic acids is 1. The first-order valence-electron chi connectivity index (χ1n) is 8.95. The number of nitrogen functional groups attached to an aromatic ring is 1. The van der Waals surface area contributed by atoms with E-state index in [9.17, 15) is 14.9 Å². The highest BCUT2D eigenvalue weighted by molar-refractivity contribution is 5.95. The summed E-state index contributed by atoms with van der Waals surface area (Å²) in [5.74, 6) is -0.261. The van der Waals surface area contributed by atoms with Crippen LogP contribution in [-0.2, 0) is 13.0 Å². The molecule has 2 N–H and O–H groups in total. The van der Waals surface area contributed by atoms with Gasteiger partial charge in [-0.05, 0) is 29.7 Å². The average Bonchev–Trinajstić information content (AvgIpc) is 2.72. The Hall–Kier alpha value is -3.67. The highest BCUT2D eigenvalue weighted by atomic mass is 16.6. The maximum atomic E-state index is 13.1. The minimum atomic E-state index is -0.572. The molecule has 0 fully saturated rings. The molecule has 3 aromatic carbocycles. The zero-order valence-electron chi connectivity index (χ0n) is 15.3. The Morgan fingerprint density at radius 3 is 2.14 bits per heavy atom. The summed E-state index contributed by atoms with van der Waals surface area (Å²) in [5.41, 5.74) is 7.82. The molecule has 0 atom stereocenters. The predicted octanol–water partition coefficient (Wildman–Crippen LogP) is 4.06. The Labute approximate surface area is 163 Å². The SMILES string of the molecule is Nc1ccc(C(=O)N(CCc2ccccc2)Cc2ccccc2)cc1[N+](=O)[O-].